The molecule has 6 fully saturated rings. The average Bonchev–Trinajstić information content (AvgIpc) is 3.81. The van der Waals surface area contributed by atoms with Crippen molar-refractivity contribution in [1.82, 2.24) is 0 Å². The van der Waals surface area contributed by atoms with Crippen molar-refractivity contribution in [3.8, 4) is 0 Å². The summed E-state index contributed by atoms with van der Waals surface area (Å²) < 4.78 is 43.0. The minimum atomic E-state index is -0.531. The molecule has 0 bridgehead atoms. The summed E-state index contributed by atoms with van der Waals surface area (Å²) in [5, 5.41) is 0. The van der Waals surface area contributed by atoms with Crippen LogP contribution in [0.4, 0.5) is 0 Å². The Bertz CT molecular complexity index is 901. The smallest absolute Gasteiger partial charge is 0.310 e. The van der Waals surface area contributed by atoms with E-state index >= 15 is 0 Å². The molecule has 0 amide bonds. The van der Waals surface area contributed by atoms with Crippen molar-refractivity contribution < 1.29 is 57.1 Å². The molecule has 2 aliphatic carbocycles. The fourth-order valence-corrected chi connectivity index (χ4v) is 6.07. The first kappa shape index (κ1) is 28.8. The minimum Gasteiger partial charge on any atom is -0.465 e. The van der Waals surface area contributed by atoms with E-state index in [1.165, 1.54) is 0 Å². The van der Waals surface area contributed by atoms with E-state index in [4.69, 9.17) is 37.9 Å². The number of esters is 4. The highest BCUT2D eigenvalue weighted by Crippen LogP contribution is 2.45. The second kappa shape index (κ2) is 12.9. The molecule has 0 spiro atoms. The quantitative estimate of drug-likeness (QED) is 0.112. The largest absolute Gasteiger partial charge is 0.465 e. The van der Waals surface area contributed by atoms with Crippen LogP contribution in [0.2, 0.25) is 0 Å². The second-order valence-corrected chi connectivity index (χ2v) is 12.1. The number of unbranched alkanes of at least 4 members (excludes halogenated alkanes) is 4. The Kier molecular flexibility index (Phi) is 9.09. The highest BCUT2D eigenvalue weighted by molar-refractivity contribution is 5.83. The van der Waals surface area contributed by atoms with Gasteiger partial charge in [-0.05, 0) is 38.5 Å². The van der Waals surface area contributed by atoms with Gasteiger partial charge in [-0.3, -0.25) is 19.2 Å². The highest BCUT2D eigenvalue weighted by Gasteiger charge is 2.55. The third-order valence-corrected chi connectivity index (χ3v) is 8.91. The van der Waals surface area contributed by atoms with Gasteiger partial charge in [-0.25, -0.2) is 0 Å². The monoisotopic (exact) mass is 580 g/mol. The molecule has 12 heteroatoms. The fourth-order valence-electron chi connectivity index (χ4n) is 6.07. The summed E-state index contributed by atoms with van der Waals surface area (Å²) in [4.78, 5) is 50.6. The third-order valence-electron chi connectivity index (χ3n) is 8.91. The normalized spacial score (nSPS) is 37.6. The lowest BCUT2D eigenvalue weighted by Crippen LogP contribution is -2.38. The van der Waals surface area contributed by atoms with Gasteiger partial charge in [-0.1, -0.05) is 19.3 Å². The summed E-state index contributed by atoms with van der Waals surface area (Å²) in [5.74, 6) is -3.58. The van der Waals surface area contributed by atoms with Crippen LogP contribution in [0.1, 0.15) is 57.8 Å². The van der Waals surface area contributed by atoms with Gasteiger partial charge in [0.2, 0.25) is 0 Å². The van der Waals surface area contributed by atoms with Gasteiger partial charge >= 0.3 is 23.9 Å². The average molecular weight is 581 g/mol. The summed E-state index contributed by atoms with van der Waals surface area (Å²) in [6.07, 6.45) is 6.19. The number of carbonyl (C=O) groups is 4. The first-order chi connectivity index (χ1) is 20.0. The summed E-state index contributed by atoms with van der Waals surface area (Å²) in [6, 6.07) is 0. The van der Waals surface area contributed by atoms with Crippen LogP contribution in [0.15, 0.2) is 0 Å². The predicted molar refractivity (Wildman–Crippen MR) is 136 cm³/mol. The second-order valence-electron chi connectivity index (χ2n) is 12.1. The van der Waals surface area contributed by atoms with E-state index in [2.05, 4.69) is 0 Å². The summed E-state index contributed by atoms with van der Waals surface area (Å²) in [6.45, 7) is 2.27. The molecule has 6 aliphatic rings. The van der Waals surface area contributed by atoms with Gasteiger partial charge in [-0.2, -0.15) is 0 Å². The Morgan fingerprint density at radius 1 is 0.488 bits per heavy atom. The zero-order valence-corrected chi connectivity index (χ0v) is 23.3. The van der Waals surface area contributed by atoms with E-state index in [0.717, 1.165) is 32.1 Å². The first-order valence-electron chi connectivity index (χ1n) is 15.2. The number of fused-ring (bicyclic) bond motifs is 2. The molecule has 2 saturated carbocycles. The molecule has 12 nitrogen and oxygen atoms in total. The molecule has 0 aromatic rings. The molecule has 10 unspecified atom stereocenters. The Morgan fingerprint density at radius 2 is 0.805 bits per heavy atom. The van der Waals surface area contributed by atoms with Crippen molar-refractivity contribution in [2.75, 3.05) is 39.6 Å². The van der Waals surface area contributed by atoms with Crippen LogP contribution in [0, 0.1) is 23.7 Å². The number of carbonyl (C=O) groups excluding carboxylic acids is 4. The summed E-state index contributed by atoms with van der Waals surface area (Å²) in [7, 11) is 0. The topological polar surface area (TPSA) is 155 Å². The van der Waals surface area contributed by atoms with E-state index in [1.54, 1.807) is 0 Å². The number of rotatable bonds is 16. The predicted octanol–water partition coefficient (Wildman–Crippen LogP) is 1.49. The van der Waals surface area contributed by atoms with Gasteiger partial charge in [0.05, 0.1) is 74.5 Å². The van der Waals surface area contributed by atoms with Crippen molar-refractivity contribution >= 4 is 23.9 Å². The molecule has 4 heterocycles. The fraction of sp³-hybridized carbons (Fsp3) is 0.862. The molecule has 41 heavy (non-hydrogen) atoms. The molecule has 4 aliphatic heterocycles. The SMILES string of the molecule is O=C(OCCCCCCCOC(=O)C1CC2OC2CC1C(=O)OCC1CO1)C1CC2OC2CC1C(=O)OCC1CO1. The van der Waals surface area contributed by atoms with Crippen molar-refractivity contribution in [3.05, 3.63) is 0 Å². The molecule has 0 aromatic heterocycles. The van der Waals surface area contributed by atoms with Crippen LogP contribution in [-0.4, -0.2) is 100 Å². The van der Waals surface area contributed by atoms with E-state index < -0.39 is 23.7 Å². The van der Waals surface area contributed by atoms with E-state index in [-0.39, 0.29) is 73.7 Å². The van der Waals surface area contributed by atoms with Crippen LogP contribution in [0.25, 0.3) is 0 Å². The zero-order chi connectivity index (χ0) is 28.3. The van der Waals surface area contributed by atoms with Crippen LogP contribution < -0.4 is 0 Å². The van der Waals surface area contributed by atoms with Gasteiger partial charge in [-0.15, -0.1) is 0 Å². The maximum absolute atomic E-state index is 12.8. The Balaban J connectivity index is 0.822. The van der Waals surface area contributed by atoms with Crippen molar-refractivity contribution in [2.24, 2.45) is 23.7 Å². The molecular formula is C29H40O12. The molecule has 0 N–H and O–H groups in total. The molecule has 0 radical (unpaired) electrons. The lowest BCUT2D eigenvalue weighted by molar-refractivity contribution is -0.162. The van der Waals surface area contributed by atoms with Crippen molar-refractivity contribution in [3.63, 3.8) is 0 Å². The van der Waals surface area contributed by atoms with Crippen molar-refractivity contribution in [1.29, 1.82) is 0 Å². The molecule has 0 aromatic carbocycles. The van der Waals surface area contributed by atoms with Crippen LogP contribution in [0.5, 0.6) is 0 Å². The molecule has 6 rings (SSSR count). The Labute approximate surface area is 238 Å². The standard InChI is InChI=1S/C29H40O12/c30-26(18-8-22-24(40-22)10-20(18)28(32)38-14-16-12-36-16)34-6-4-2-1-3-5-7-35-27(31)19-9-23-25(41-23)11-21(19)29(33)39-15-17-13-37-17/h16-25H,1-15H2. The summed E-state index contributed by atoms with van der Waals surface area (Å²) in [5.41, 5.74) is 0. The number of hydrogen-bond donors (Lipinski definition) is 0. The maximum Gasteiger partial charge on any atom is 0.310 e. The van der Waals surface area contributed by atoms with Crippen LogP contribution in [0.3, 0.4) is 0 Å². The molecule has 10 atom stereocenters. The molecule has 4 saturated heterocycles. The number of ether oxygens (including phenoxy) is 8. The summed E-state index contributed by atoms with van der Waals surface area (Å²) >= 11 is 0. The first-order valence-corrected chi connectivity index (χ1v) is 15.2. The van der Waals surface area contributed by atoms with Gasteiger partial charge in [0, 0.05) is 0 Å². The zero-order valence-electron chi connectivity index (χ0n) is 23.3. The van der Waals surface area contributed by atoms with E-state index in [0.29, 0.717) is 52.1 Å². The molecular weight excluding hydrogens is 540 g/mol. The van der Waals surface area contributed by atoms with Crippen molar-refractivity contribution in [2.45, 2.75) is 94.4 Å². The van der Waals surface area contributed by atoms with Gasteiger partial charge in [0.25, 0.3) is 0 Å². The lowest BCUT2D eigenvalue weighted by Gasteiger charge is -2.26. The third kappa shape index (κ3) is 7.97. The van der Waals surface area contributed by atoms with Crippen LogP contribution >= 0.6 is 0 Å². The van der Waals surface area contributed by atoms with Gasteiger partial charge in [0.1, 0.15) is 25.4 Å². The van der Waals surface area contributed by atoms with Crippen LogP contribution in [-0.2, 0) is 57.1 Å². The molecule has 228 valence electrons. The minimum absolute atomic E-state index is 0.0157. The van der Waals surface area contributed by atoms with E-state index in [9.17, 15) is 19.2 Å². The Morgan fingerprint density at radius 3 is 1.15 bits per heavy atom. The number of epoxide rings is 4. The highest BCUT2D eigenvalue weighted by atomic mass is 16.6. The van der Waals surface area contributed by atoms with Gasteiger partial charge < -0.3 is 37.9 Å². The number of hydrogen-bond acceptors (Lipinski definition) is 12. The van der Waals surface area contributed by atoms with E-state index in [1.807, 2.05) is 0 Å². The lowest BCUT2D eigenvalue weighted by atomic mass is 9.79. The Hall–Kier alpha value is -2.28. The maximum atomic E-state index is 12.8. The van der Waals surface area contributed by atoms with Gasteiger partial charge in [0.15, 0.2) is 0 Å².